The Morgan fingerprint density at radius 1 is 1.27 bits per heavy atom. The standard InChI is InChI=1S/C17H32N4O/c1-17(2)10-15(17)11-19-16(18-3)21-7-5-20(6-8-21)12-14-4-9-22-13-14/h14-15H,4-13H2,1-3H3,(H,18,19). The van der Waals surface area contributed by atoms with Gasteiger partial charge in [-0.3, -0.25) is 9.89 Å². The van der Waals surface area contributed by atoms with E-state index < -0.39 is 0 Å². The van der Waals surface area contributed by atoms with E-state index in [0.29, 0.717) is 5.41 Å². The average Bonchev–Trinajstić information content (AvgIpc) is 2.89. The van der Waals surface area contributed by atoms with E-state index in [9.17, 15) is 0 Å². The summed E-state index contributed by atoms with van der Waals surface area (Å²) in [4.78, 5) is 9.48. The number of piperazine rings is 1. The Bertz CT molecular complexity index is 395. The molecule has 1 saturated carbocycles. The fraction of sp³-hybridized carbons (Fsp3) is 0.941. The van der Waals surface area contributed by atoms with Gasteiger partial charge < -0.3 is 15.0 Å². The number of nitrogens with one attached hydrogen (secondary N) is 1. The zero-order valence-electron chi connectivity index (χ0n) is 14.5. The normalized spacial score (nSPS) is 32.3. The fourth-order valence-corrected chi connectivity index (χ4v) is 3.71. The molecule has 126 valence electrons. The van der Waals surface area contributed by atoms with E-state index >= 15 is 0 Å². The number of rotatable bonds is 4. The van der Waals surface area contributed by atoms with E-state index in [1.54, 1.807) is 0 Å². The number of guanidine groups is 1. The maximum Gasteiger partial charge on any atom is 0.193 e. The summed E-state index contributed by atoms with van der Waals surface area (Å²) in [5.74, 6) is 2.65. The summed E-state index contributed by atoms with van der Waals surface area (Å²) in [5, 5.41) is 3.58. The molecule has 2 saturated heterocycles. The minimum absolute atomic E-state index is 0.536. The molecule has 0 amide bonds. The minimum atomic E-state index is 0.536. The zero-order chi connectivity index (χ0) is 15.6. The maximum absolute atomic E-state index is 5.49. The van der Waals surface area contributed by atoms with Gasteiger partial charge in [0, 0.05) is 52.9 Å². The quantitative estimate of drug-likeness (QED) is 0.627. The number of nitrogens with zero attached hydrogens (tertiary/aromatic N) is 3. The molecular weight excluding hydrogens is 276 g/mol. The number of hydrogen-bond acceptors (Lipinski definition) is 3. The molecule has 2 aliphatic heterocycles. The fourth-order valence-electron chi connectivity index (χ4n) is 3.71. The van der Waals surface area contributed by atoms with Crippen LogP contribution in [0.15, 0.2) is 4.99 Å². The van der Waals surface area contributed by atoms with Gasteiger partial charge >= 0.3 is 0 Å². The van der Waals surface area contributed by atoms with E-state index in [1.807, 2.05) is 7.05 Å². The lowest BCUT2D eigenvalue weighted by Gasteiger charge is -2.37. The molecule has 2 unspecified atom stereocenters. The van der Waals surface area contributed by atoms with Gasteiger partial charge in [-0.2, -0.15) is 0 Å². The smallest absolute Gasteiger partial charge is 0.193 e. The van der Waals surface area contributed by atoms with Crippen molar-refractivity contribution in [2.24, 2.45) is 22.2 Å². The summed E-state index contributed by atoms with van der Waals surface area (Å²) >= 11 is 0. The molecule has 5 nitrogen and oxygen atoms in total. The van der Waals surface area contributed by atoms with Crippen molar-refractivity contribution < 1.29 is 4.74 Å². The van der Waals surface area contributed by atoms with Crippen molar-refractivity contribution in [2.45, 2.75) is 26.7 Å². The van der Waals surface area contributed by atoms with Crippen LogP contribution in [0.25, 0.3) is 0 Å². The van der Waals surface area contributed by atoms with Crippen LogP contribution >= 0.6 is 0 Å². The highest BCUT2D eigenvalue weighted by molar-refractivity contribution is 5.80. The second-order valence-corrected chi connectivity index (χ2v) is 7.84. The van der Waals surface area contributed by atoms with Gasteiger partial charge in [-0.05, 0) is 30.1 Å². The lowest BCUT2D eigenvalue weighted by atomic mass is 10.1. The van der Waals surface area contributed by atoms with Crippen molar-refractivity contribution in [3.05, 3.63) is 0 Å². The van der Waals surface area contributed by atoms with Crippen LogP contribution in [0.3, 0.4) is 0 Å². The van der Waals surface area contributed by atoms with Crippen LogP contribution in [-0.4, -0.2) is 75.3 Å². The SMILES string of the molecule is CN=C(NCC1CC1(C)C)N1CCN(CC2CCOC2)CC1. The molecule has 1 N–H and O–H groups in total. The van der Waals surface area contributed by atoms with E-state index in [2.05, 4.69) is 34.0 Å². The van der Waals surface area contributed by atoms with Crippen molar-refractivity contribution in [1.29, 1.82) is 0 Å². The number of aliphatic imine (C=N–C) groups is 1. The monoisotopic (exact) mass is 308 g/mol. The predicted molar refractivity (Wildman–Crippen MR) is 90.2 cm³/mol. The molecule has 0 radical (unpaired) electrons. The predicted octanol–water partition coefficient (Wildman–Crippen LogP) is 1.26. The first-order valence-electron chi connectivity index (χ1n) is 8.84. The number of ether oxygens (including phenoxy) is 1. The van der Waals surface area contributed by atoms with Crippen LogP contribution < -0.4 is 5.32 Å². The first kappa shape index (κ1) is 16.1. The number of hydrogen-bond donors (Lipinski definition) is 1. The van der Waals surface area contributed by atoms with Gasteiger partial charge in [-0.25, -0.2) is 0 Å². The lowest BCUT2D eigenvalue weighted by Crippen LogP contribution is -2.53. The van der Waals surface area contributed by atoms with Gasteiger partial charge in [0.2, 0.25) is 0 Å². The Balaban J connectivity index is 1.39. The third-order valence-corrected chi connectivity index (χ3v) is 5.65. The van der Waals surface area contributed by atoms with E-state index in [-0.39, 0.29) is 0 Å². The van der Waals surface area contributed by atoms with Crippen LogP contribution in [-0.2, 0) is 4.74 Å². The Hall–Kier alpha value is -0.810. The van der Waals surface area contributed by atoms with Crippen LogP contribution in [0.4, 0.5) is 0 Å². The zero-order valence-corrected chi connectivity index (χ0v) is 14.5. The Morgan fingerprint density at radius 3 is 2.55 bits per heavy atom. The second-order valence-electron chi connectivity index (χ2n) is 7.84. The van der Waals surface area contributed by atoms with E-state index in [1.165, 1.54) is 19.4 Å². The van der Waals surface area contributed by atoms with Gasteiger partial charge in [-0.1, -0.05) is 13.8 Å². The van der Waals surface area contributed by atoms with Crippen molar-refractivity contribution in [3.63, 3.8) is 0 Å². The molecule has 0 aromatic carbocycles. The van der Waals surface area contributed by atoms with Crippen LogP contribution in [0, 0.1) is 17.3 Å². The topological polar surface area (TPSA) is 40.1 Å². The molecule has 0 spiro atoms. The van der Waals surface area contributed by atoms with Crippen LogP contribution in [0.2, 0.25) is 0 Å². The van der Waals surface area contributed by atoms with Gasteiger partial charge in [-0.15, -0.1) is 0 Å². The van der Waals surface area contributed by atoms with E-state index in [0.717, 1.165) is 63.7 Å². The van der Waals surface area contributed by atoms with Crippen LogP contribution in [0.5, 0.6) is 0 Å². The summed E-state index contributed by atoms with van der Waals surface area (Å²) in [6, 6.07) is 0. The molecule has 1 aliphatic carbocycles. The van der Waals surface area contributed by atoms with Crippen molar-refractivity contribution in [3.8, 4) is 0 Å². The van der Waals surface area contributed by atoms with Crippen molar-refractivity contribution in [1.82, 2.24) is 15.1 Å². The summed E-state index contributed by atoms with van der Waals surface area (Å²) < 4.78 is 5.49. The molecule has 3 fully saturated rings. The van der Waals surface area contributed by atoms with Gasteiger partial charge in [0.25, 0.3) is 0 Å². The molecule has 2 atom stereocenters. The molecule has 3 rings (SSSR count). The molecule has 22 heavy (non-hydrogen) atoms. The highest BCUT2D eigenvalue weighted by Gasteiger charge is 2.45. The molecule has 0 bridgehead atoms. The van der Waals surface area contributed by atoms with Gasteiger partial charge in [0.05, 0.1) is 6.61 Å². The summed E-state index contributed by atoms with van der Waals surface area (Å²) in [6.07, 6.45) is 2.58. The Labute approximate surface area is 135 Å². The highest BCUT2D eigenvalue weighted by Crippen LogP contribution is 2.50. The summed E-state index contributed by atoms with van der Waals surface area (Å²) in [6.45, 7) is 13.4. The highest BCUT2D eigenvalue weighted by atomic mass is 16.5. The Morgan fingerprint density at radius 2 is 2.00 bits per heavy atom. The third-order valence-electron chi connectivity index (χ3n) is 5.65. The molecule has 0 aromatic heterocycles. The minimum Gasteiger partial charge on any atom is -0.381 e. The maximum atomic E-state index is 5.49. The Kier molecular flexibility index (Phi) is 4.93. The van der Waals surface area contributed by atoms with E-state index in [4.69, 9.17) is 4.74 Å². The van der Waals surface area contributed by atoms with Gasteiger partial charge in [0.15, 0.2) is 5.96 Å². The molecule has 3 aliphatic rings. The first-order chi connectivity index (χ1) is 10.6. The largest absolute Gasteiger partial charge is 0.381 e. The van der Waals surface area contributed by atoms with Crippen molar-refractivity contribution >= 4 is 5.96 Å². The van der Waals surface area contributed by atoms with Gasteiger partial charge in [0.1, 0.15) is 0 Å². The molecule has 5 heteroatoms. The molecular formula is C17H32N4O. The first-order valence-corrected chi connectivity index (χ1v) is 8.84. The van der Waals surface area contributed by atoms with Crippen LogP contribution in [0.1, 0.15) is 26.7 Å². The third kappa shape index (κ3) is 3.93. The molecule has 0 aromatic rings. The summed E-state index contributed by atoms with van der Waals surface area (Å²) in [7, 11) is 1.91. The van der Waals surface area contributed by atoms with Crippen molar-refractivity contribution in [2.75, 3.05) is 59.5 Å². The molecule has 2 heterocycles. The summed E-state index contributed by atoms with van der Waals surface area (Å²) in [5.41, 5.74) is 0.536. The lowest BCUT2D eigenvalue weighted by molar-refractivity contribution is 0.139. The average molecular weight is 308 g/mol. The second kappa shape index (κ2) is 6.75.